The third-order valence-electron chi connectivity index (χ3n) is 13.4. The van der Waals surface area contributed by atoms with E-state index < -0.39 is 23.2 Å². The zero-order chi connectivity index (χ0) is 31.9. The summed E-state index contributed by atoms with van der Waals surface area (Å²) in [7, 11) is 8.73. The number of esters is 1. The lowest BCUT2D eigenvalue weighted by Crippen LogP contribution is -2.78. The van der Waals surface area contributed by atoms with Crippen LogP contribution in [0.2, 0.25) is 0 Å². The molecule has 45 heavy (non-hydrogen) atoms. The second kappa shape index (κ2) is 11.4. The molecule has 0 aromatic heterocycles. The Morgan fingerprint density at radius 1 is 0.978 bits per heavy atom. The van der Waals surface area contributed by atoms with Crippen molar-refractivity contribution in [3.8, 4) is 5.75 Å². The third kappa shape index (κ3) is 3.90. The van der Waals surface area contributed by atoms with Crippen LogP contribution in [-0.2, 0) is 28.4 Å². The Hall–Kier alpha value is -1.79. The first-order valence-corrected chi connectivity index (χ1v) is 16.8. The van der Waals surface area contributed by atoms with Crippen molar-refractivity contribution in [2.24, 2.45) is 40.4 Å². The molecule has 1 heterocycles. The lowest BCUT2D eigenvalue weighted by atomic mass is 9.42. The van der Waals surface area contributed by atoms with Crippen molar-refractivity contribution in [1.82, 2.24) is 4.90 Å². The molecule has 7 rings (SSSR count). The highest BCUT2D eigenvalue weighted by atomic mass is 16.6. The zero-order valence-corrected chi connectivity index (χ0v) is 27.8. The molecule has 1 aromatic carbocycles. The Morgan fingerprint density at radius 2 is 1.73 bits per heavy atom. The fourth-order valence-corrected chi connectivity index (χ4v) is 12.5. The largest absolute Gasteiger partial charge is 0.497 e. The van der Waals surface area contributed by atoms with Crippen LogP contribution in [0.3, 0.4) is 0 Å². The minimum atomic E-state index is -0.661. The summed E-state index contributed by atoms with van der Waals surface area (Å²) in [5, 5.41) is 12.0. The smallest absolute Gasteiger partial charge is 0.338 e. The van der Waals surface area contributed by atoms with Gasteiger partial charge in [-0.15, -0.1) is 0 Å². The summed E-state index contributed by atoms with van der Waals surface area (Å²) >= 11 is 0. The summed E-state index contributed by atoms with van der Waals surface area (Å²) in [5.74, 6) is 0.295. The van der Waals surface area contributed by atoms with Gasteiger partial charge in [-0.05, 0) is 50.1 Å². The summed E-state index contributed by atoms with van der Waals surface area (Å²) in [6.07, 6.45) is 0.499. The number of benzene rings is 1. The summed E-state index contributed by atoms with van der Waals surface area (Å²) in [4.78, 5) is 16.4. The Bertz CT molecular complexity index is 1260. The predicted molar refractivity (Wildman–Crippen MR) is 164 cm³/mol. The molecule has 6 fully saturated rings. The van der Waals surface area contributed by atoms with E-state index in [0.29, 0.717) is 37.4 Å². The van der Waals surface area contributed by atoms with E-state index in [1.807, 2.05) is 7.11 Å². The fraction of sp³-hybridized carbons (Fsp3) is 0.800. The summed E-state index contributed by atoms with van der Waals surface area (Å²) in [6, 6.07) is 7.20. The number of likely N-dealkylation sites (tertiary alicyclic amines) is 1. The molecule has 5 aliphatic carbocycles. The Labute approximate surface area is 266 Å². The molecule has 6 aliphatic rings. The van der Waals surface area contributed by atoms with E-state index in [4.69, 9.17) is 33.2 Å². The lowest BCUT2D eigenvalue weighted by molar-refractivity contribution is -0.300. The molecule has 1 spiro atoms. The van der Waals surface area contributed by atoms with Gasteiger partial charge in [0, 0.05) is 95.0 Å². The summed E-state index contributed by atoms with van der Waals surface area (Å²) in [5.41, 5.74) is -1.07. The first-order chi connectivity index (χ1) is 21.8. The highest BCUT2D eigenvalue weighted by Gasteiger charge is 2.88. The van der Waals surface area contributed by atoms with E-state index in [1.54, 1.807) is 52.7 Å². The number of piperidine rings is 1. The van der Waals surface area contributed by atoms with Gasteiger partial charge in [-0.1, -0.05) is 6.92 Å². The quantitative estimate of drug-likeness (QED) is 0.368. The van der Waals surface area contributed by atoms with E-state index in [2.05, 4.69) is 18.7 Å². The average Bonchev–Trinajstić information content (AvgIpc) is 3.47. The summed E-state index contributed by atoms with van der Waals surface area (Å²) < 4.78 is 44.5. The highest BCUT2D eigenvalue weighted by Crippen LogP contribution is 2.80. The number of hydrogen-bond donors (Lipinski definition) is 1. The Kier molecular flexibility index (Phi) is 8.07. The number of hydrogen-bond acceptors (Lipinski definition) is 10. The molecule has 10 nitrogen and oxygen atoms in total. The van der Waals surface area contributed by atoms with Gasteiger partial charge in [0.1, 0.15) is 11.9 Å². The number of aliphatic hydroxyl groups is 1. The first-order valence-electron chi connectivity index (χ1n) is 16.8. The number of rotatable bonds is 11. The zero-order valence-electron chi connectivity index (χ0n) is 27.8. The second-order valence-electron chi connectivity index (χ2n) is 14.4. The molecule has 1 N–H and O–H groups in total. The maximum Gasteiger partial charge on any atom is 0.338 e. The molecule has 5 saturated carbocycles. The minimum absolute atomic E-state index is 0.00693. The second-order valence-corrected chi connectivity index (χ2v) is 14.4. The number of aliphatic hydroxyl groups excluding tert-OH is 1. The molecule has 1 unspecified atom stereocenters. The van der Waals surface area contributed by atoms with Crippen LogP contribution in [0.25, 0.3) is 0 Å². The van der Waals surface area contributed by atoms with E-state index in [-0.39, 0.29) is 65.3 Å². The van der Waals surface area contributed by atoms with Crippen molar-refractivity contribution in [2.75, 3.05) is 61.9 Å². The number of carbonyl (C=O) groups excluding carboxylic acids is 1. The van der Waals surface area contributed by atoms with E-state index >= 15 is 0 Å². The van der Waals surface area contributed by atoms with Crippen LogP contribution in [0.15, 0.2) is 24.3 Å². The topological polar surface area (TPSA) is 105 Å². The Morgan fingerprint density at radius 3 is 2.33 bits per heavy atom. The number of carbonyl (C=O) groups is 1. The van der Waals surface area contributed by atoms with Crippen molar-refractivity contribution in [2.45, 2.75) is 75.3 Å². The molecule has 14 atom stereocenters. The van der Waals surface area contributed by atoms with Crippen molar-refractivity contribution in [3.63, 3.8) is 0 Å². The maximum atomic E-state index is 13.9. The number of methoxy groups -OCH3 is 5. The van der Waals surface area contributed by atoms with Crippen LogP contribution in [-0.4, -0.2) is 120 Å². The number of ether oxygens (including phenoxy) is 7. The van der Waals surface area contributed by atoms with Crippen molar-refractivity contribution in [1.29, 1.82) is 0 Å². The molecular weight excluding hydrogens is 578 g/mol. The van der Waals surface area contributed by atoms with Gasteiger partial charge in [-0.25, -0.2) is 4.79 Å². The average molecular weight is 630 g/mol. The molecule has 1 aliphatic heterocycles. The van der Waals surface area contributed by atoms with Crippen LogP contribution in [0.4, 0.5) is 0 Å². The van der Waals surface area contributed by atoms with Gasteiger partial charge in [0.25, 0.3) is 0 Å². The molecule has 1 saturated heterocycles. The van der Waals surface area contributed by atoms with Crippen LogP contribution < -0.4 is 4.74 Å². The monoisotopic (exact) mass is 629 g/mol. The van der Waals surface area contributed by atoms with Crippen LogP contribution in [0.5, 0.6) is 5.75 Å². The van der Waals surface area contributed by atoms with Gasteiger partial charge < -0.3 is 38.3 Å². The van der Waals surface area contributed by atoms with Crippen molar-refractivity contribution in [3.05, 3.63) is 29.8 Å². The number of nitrogens with zero attached hydrogens (tertiary/aromatic N) is 1. The van der Waals surface area contributed by atoms with Gasteiger partial charge in [0.15, 0.2) is 0 Å². The van der Waals surface area contributed by atoms with Crippen LogP contribution in [0.1, 0.15) is 43.5 Å². The molecule has 7 bridgehead atoms. The van der Waals surface area contributed by atoms with Crippen LogP contribution >= 0.6 is 0 Å². The molecular formula is C35H51NO9. The molecule has 1 aromatic rings. The molecule has 10 heteroatoms. The van der Waals surface area contributed by atoms with E-state index in [9.17, 15) is 9.90 Å². The summed E-state index contributed by atoms with van der Waals surface area (Å²) in [6.45, 7) is 6.79. The highest BCUT2D eigenvalue weighted by molar-refractivity contribution is 5.89. The van der Waals surface area contributed by atoms with Crippen molar-refractivity contribution < 1.29 is 43.1 Å². The normalized spacial score (nSPS) is 47.5. The molecule has 0 amide bonds. The van der Waals surface area contributed by atoms with Gasteiger partial charge >= 0.3 is 5.97 Å². The number of fused-ring (bicyclic) bond motifs is 2. The van der Waals surface area contributed by atoms with Gasteiger partial charge in [0.05, 0.1) is 49.3 Å². The van der Waals surface area contributed by atoms with Crippen LogP contribution in [0, 0.1) is 40.4 Å². The first kappa shape index (κ1) is 31.8. The van der Waals surface area contributed by atoms with Crippen molar-refractivity contribution >= 4 is 5.97 Å². The van der Waals surface area contributed by atoms with E-state index in [1.165, 1.54) is 0 Å². The lowest BCUT2D eigenvalue weighted by Gasteiger charge is -2.70. The maximum absolute atomic E-state index is 13.9. The van der Waals surface area contributed by atoms with Gasteiger partial charge in [-0.3, -0.25) is 4.90 Å². The van der Waals surface area contributed by atoms with Gasteiger partial charge in [0.2, 0.25) is 0 Å². The SMILES string of the molecule is CCO[C@]12C[C@H](OC)[C@H]3C[C@H]([C@@H]1[C@H]3OC(=O)c1ccc(OC)cc1)[C@@]13C(OC)C[C@@H](O)[C@@]4(COC)CN(CC)[C@@H]1[C@@H]2[C@H](OC)[C@H]43. The standard InChI is InChI=1S/C35H51NO9/c1-8-36-17-33(18-39-3)24(37)15-25(42-6)35-22-14-21-23(41-5)16-34(44-9-2,27(31(35)36)29(43-7)30(33)35)26(22)28(21)45-32(38)19-10-12-20(40-4)13-11-19/h10-13,21-31,37H,8-9,14-18H2,1-7H3/t21-,22-,23+,24-,25?,26-,27+,28+,29+,30-,31-,33+,34-,35+/m1/s1. The molecule has 0 radical (unpaired) electrons. The minimum Gasteiger partial charge on any atom is -0.497 e. The third-order valence-corrected chi connectivity index (χ3v) is 13.4. The van der Waals surface area contributed by atoms with Gasteiger partial charge in [-0.2, -0.15) is 0 Å². The fourth-order valence-electron chi connectivity index (χ4n) is 12.5. The predicted octanol–water partition coefficient (Wildman–Crippen LogP) is 3.04. The molecule has 250 valence electrons. The van der Waals surface area contributed by atoms with E-state index in [0.717, 1.165) is 19.5 Å². The Balaban J connectivity index is 1.43.